The van der Waals surface area contributed by atoms with Gasteiger partial charge in [-0.25, -0.2) is 0 Å². The Morgan fingerprint density at radius 3 is 2.17 bits per heavy atom. The maximum absolute atomic E-state index is 2.58. The topological polar surface area (TPSA) is 3.24 Å². The fourth-order valence-corrected chi connectivity index (χ4v) is 4.85. The second-order valence-electron chi connectivity index (χ2n) is 8.06. The van der Waals surface area contributed by atoms with Crippen LogP contribution in [-0.2, 0) is 6.54 Å². The van der Waals surface area contributed by atoms with Gasteiger partial charge < -0.3 is 4.90 Å². The molecule has 0 spiro atoms. The van der Waals surface area contributed by atoms with Crippen LogP contribution in [0.5, 0.6) is 0 Å². The molecule has 1 nitrogen and oxygen atoms in total. The molecular formula is C21H27NSi. The molecule has 1 heterocycles. The summed E-state index contributed by atoms with van der Waals surface area (Å²) in [5.41, 5.74) is 8.24. The fraction of sp³-hybridized carbons (Fsp3) is 0.333. The Morgan fingerprint density at radius 1 is 0.913 bits per heavy atom. The van der Waals surface area contributed by atoms with Crippen molar-refractivity contribution in [1.29, 1.82) is 0 Å². The summed E-state index contributed by atoms with van der Waals surface area (Å²) < 4.78 is 0. The third-order valence-corrected chi connectivity index (χ3v) is 5.77. The molecule has 0 saturated heterocycles. The van der Waals surface area contributed by atoms with Crippen LogP contribution in [0.1, 0.15) is 25.0 Å². The first-order valence-corrected chi connectivity index (χ1v) is 12.0. The van der Waals surface area contributed by atoms with Crippen LogP contribution in [0.4, 0.5) is 5.69 Å². The van der Waals surface area contributed by atoms with Crippen molar-refractivity contribution in [3.05, 3.63) is 71.4 Å². The minimum Gasteiger partial charge on any atom is -0.358 e. The van der Waals surface area contributed by atoms with Gasteiger partial charge in [0.15, 0.2) is 0 Å². The lowest BCUT2D eigenvalue weighted by molar-refractivity contribution is 0.557. The average Bonchev–Trinajstić information content (AvgIpc) is 2.50. The van der Waals surface area contributed by atoms with E-state index in [-0.39, 0.29) is 5.54 Å². The number of nitrogens with zero attached hydrogens (tertiary/aromatic N) is 1. The molecule has 2 aromatic carbocycles. The number of anilines is 1. The summed E-state index contributed by atoms with van der Waals surface area (Å²) in [7, 11) is -1.32. The summed E-state index contributed by atoms with van der Waals surface area (Å²) in [4.78, 5) is 2.54. The number of fused-ring (bicyclic) bond motifs is 1. The SMILES string of the molecule is CC1(C)/C(=C/[Si](C)(C)C)c2ccccc2CN1c1ccccc1. The van der Waals surface area contributed by atoms with Crippen LogP contribution < -0.4 is 4.90 Å². The minimum absolute atomic E-state index is 0.00398. The van der Waals surface area contributed by atoms with E-state index in [4.69, 9.17) is 0 Å². The quantitative estimate of drug-likeness (QED) is 0.637. The molecule has 2 aromatic rings. The molecule has 1 aliphatic heterocycles. The highest BCUT2D eigenvalue weighted by atomic mass is 28.3. The number of hydrogen-bond acceptors (Lipinski definition) is 1. The second-order valence-corrected chi connectivity index (χ2v) is 13.1. The predicted molar refractivity (Wildman–Crippen MR) is 104 cm³/mol. The number of rotatable bonds is 2. The van der Waals surface area contributed by atoms with E-state index in [9.17, 15) is 0 Å². The van der Waals surface area contributed by atoms with Gasteiger partial charge in [-0.1, -0.05) is 67.8 Å². The first kappa shape index (κ1) is 16.1. The third-order valence-electron chi connectivity index (χ3n) is 4.62. The van der Waals surface area contributed by atoms with Gasteiger partial charge in [0.1, 0.15) is 0 Å². The summed E-state index contributed by atoms with van der Waals surface area (Å²) in [6.07, 6.45) is 0. The molecule has 1 aliphatic rings. The smallest absolute Gasteiger partial charge is 0.0692 e. The Hall–Kier alpha value is -1.80. The molecule has 0 fully saturated rings. The van der Waals surface area contributed by atoms with Crippen LogP contribution in [0.15, 0.2) is 60.3 Å². The lowest BCUT2D eigenvalue weighted by Crippen LogP contribution is -2.48. The average molecular weight is 322 g/mol. The Kier molecular flexibility index (Phi) is 3.97. The van der Waals surface area contributed by atoms with Crippen molar-refractivity contribution in [3.8, 4) is 0 Å². The summed E-state index contributed by atoms with van der Waals surface area (Å²) in [6.45, 7) is 12.9. The zero-order chi connectivity index (χ0) is 16.7. The molecule has 2 heteroatoms. The van der Waals surface area contributed by atoms with Gasteiger partial charge in [0.25, 0.3) is 0 Å². The number of para-hydroxylation sites is 1. The van der Waals surface area contributed by atoms with Gasteiger partial charge in [0, 0.05) is 12.2 Å². The van der Waals surface area contributed by atoms with E-state index in [0.717, 1.165) is 6.54 Å². The molecule has 0 unspecified atom stereocenters. The van der Waals surface area contributed by atoms with Gasteiger partial charge in [-0.05, 0) is 42.7 Å². The van der Waals surface area contributed by atoms with E-state index >= 15 is 0 Å². The normalized spacial score (nSPS) is 18.8. The van der Waals surface area contributed by atoms with Crippen LogP contribution in [0.2, 0.25) is 19.6 Å². The highest BCUT2D eigenvalue weighted by Gasteiger charge is 2.37. The molecular weight excluding hydrogens is 294 g/mol. The molecule has 0 amide bonds. The van der Waals surface area contributed by atoms with Gasteiger partial charge >= 0.3 is 0 Å². The van der Waals surface area contributed by atoms with Crippen molar-refractivity contribution in [3.63, 3.8) is 0 Å². The van der Waals surface area contributed by atoms with E-state index in [1.807, 2.05) is 0 Å². The van der Waals surface area contributed by atoms with E-state index in [1.54, 1.807) is 0 Å². The highest BCUT2D eigenvalue weighted by Crippen LogP contribution is 2.43. The van der Waals surface area contributed by atoms with E-state index in [2.05, 4.69) is 98.7 Å². The molecule has 23 heavy (non-hydrogen) atoms. The van der Waals surface area contributed by atoms with Crippen LogP contribution in [0, 0.1) is 0 Å². The summed E-state index contributed by atoms with van der Waals surface area (Å²) >= 11 is 0. The zero-order valence-electron chi connectivity index (χ0n) is 14.9. The maximum atomic E-state index is 2.58. The standard InChI is InChI=1S/C21H27NSi/c1-21(2)20(16-23(3,4)5)19-14-10-9-11-17(19)15-22(21)18-12-7-6-8-13-18/h6-14,16H,15H2,1-5H3/b20-16+. The summed E-state index contributed by atoms with van der Waals surface area (Å²) in [5, 5.41) is 0. The molecule has 0 aromatic heterocycles. The van der Waals surface area contributed by atoms with Crippen molar-refractivity contribution in [2.75, 3.05) is 4.90 Å². The highest BCUT2D eigenvalue weighted by molar-refractivity contribution is 6.81. The number of benzene rings is 2. The second kappa shape index (κ2) is 5.68. The van der Waals surface area contributed by atoms with Crippen molar-refractivity contribution >= 4 is 19.3 Å². The Balaban J connectivity index is 2.20. The molecule has 120 valence electrons. The lowest BCUT2D eigenvalue weighted by Gasteiger charge is -2.47. The molecule has 0 bridgehead atoms. The van der Waals surface area contributed by atoms with Gasteiger partial charge in [0.05, 0.1) is 13.6 Å². The molecule has 0 N–H and O–H groups in total. The first-order valence-electron chi connectivity index (χ1n) is 8.43. The molecule has 3 rings (SSSR count). The largest absolute Gasteiger partial charge is 0.358 e. The van der Waals surface area contributed by atoms with Gasteiger partial charge in [-0.2, -0.15) is 0 Å². The van der Waals surface area contributed by atoms with Gasteiger partial charge in [0.2, 0.25) is 0 Å². The van der Waals surface area contributed by atoms with Crippen LogP contribution in [-0.4, -0.2) is 13.6 Å². The number of hydrogen-bond donors (Lipinski definition) is 0. The molecule has 0 atom stereocenters. The van der Waals surface area contributed by atoms with Crippen molar-refractivity contribution in [2.45, 2.75) is 45.6 Å². The third kappa shape index (κ3) is 3.13. The van der Waals surface area contributed by atoms with Crippen LogP contribution in [0.3, 0.4) is 0 Å². The lowest BCUT2D eigenvalue weighted by atomic mass is 9.81. The zero-order valence-corrected chi connectivity index (χ0v) is 15.9. The Labute approximate surface area is 141 Å². The van der Waals surface area contributed by atoms with E-state index in [0.29, 0.717) is 0 Å². The van der Waals surface area contributed by atoms with E-state index in [1.165, 1.54) is 22.4 Å². The Morgan fingerprint density at radius 2 is 1.52 bits per heavy atom. The summed E-state index contributed by atoms with van der Waals surface area (Å²) in [5.74, 6) is 0. The van der Waals surface area contributed by atoms with Crippen molar-refractivity contribution in [1.82, 2.24) is 0 Å². The van der Waals surface area contributed by atoms with Gasteiger partial charge in [-0.3, -0.25) is 0 Å². The molecule has 0 radical (unpaired) electrons. The Bertz CT molecular complexity index is 723. The monoisotopic (exact) mass is 321 g/mol. The first-order chi connectivity index (χ1) is 10.8. The summed E-state index contributed by atoms with van der Waals surface area (Å²) in [6, 6.07) is 19.7. The van der Waals surface area contributed by atoms with Crippen LogP contribution >= 0.6 is 0 Å². The van der Waals surface area contributed by atoms with Crippen molar-refractivity contribution < 1.29 is 0 Å². The molecule has 0 saturated carbocycles. The van der Waals surface area contributed by atoms with E-state index < -0.39 is 8.07 Å². The van der Waals surface area contributed by atoms with Crippen LogP contribution in [0.25, 0.3) is 5.57 Å². The van der Waals surface area contributed by atoms with Crippen molar-refractivity contribution in [2.24, 2.45) is 0 Å². The maximum Gasteiger partial charge on any atom is 0.0692 e. The van der Waals surface area contributed by atoms with Gasteiger partial charge in [-0.15, -0.1) is 0 Å². The minimum atomic E-state index is -1.32. The predicted octanol–water partition coefficient (Wildman–Crippen LogP) is 5.75. The molecule has 0 aliphatic carbocycles. The fourth-order valence-electron chi connectivity index (χ4n) is 3.47.